The molecule has 0 aliphatic rings. The van der Waals surface area contributed by atoms with Gasteiger partial charge < -0.3 is 10.4 Å². The van der Waals surface area contributed by atoms with Crippen molar-refractivity contribution in [1.29, 1.82) is 0 Å². The molecule has 1 atom stereocenters. The van der Waals surface area contributed by atoms with E-state index in [2.05, 4.69) is 5.32 Å². The van der Waals surface area contributed by atoms with E-state index in [-0.39, 0.29) is 17.7 Å². The van der Waals surface area contributed by atoms with Gasteiger partial charge in [-0.25, -0.2) is 26.3 Å². The van der Waals surface area contributed by atoms with Crippen LogP contribution in [0.1, 0.15) is 17.2 Å². The van der Waals surface area contributed by atoms with Gasteiger partial charge in [0.25, 0.3) is 0 Å². The third-order valence-electron chi connectivity index (χ3n) is 3.19. The molecule has 2 aromatic rings. The van der Waals surface area contributed by atoms with Crippen molar-refractivity contribution < 1.29 is 31.4 Å². The number of hydrogen-bond donors (Lipinski definition) is 2. The van der Waals surface area contributed by atoms with Crippen LogP contribution in [0.2, 0.25) is 0 Å². The van der Waals surface area contributed by atoms with Gasteiger partial charge in [0.05, 0.1) is 12.6 Å². The highest BCUT2D eigenvalue weighted by atomic mass is 19.2. The zero-order valence-electron chi connectivity index (χ0n) is 11.5. The Kier molecular flexibility index (Phi) is 5.27. The molecule has 0 aromatic heterocycles. The van der Waals surface area contributed by atoms with Crippen molar-refractivity contribution in [3.8, 4) is 0 Å². The molecule has 23 heavy (non-hydrogen) atoms. The van der Waals surface area contributed by atoms with Gasteiger partial charge in [-0.1, -0.05) is 0 Å². The Morgan fingerprint density at radius 2 is 1.22 bits per heavy atom. The molecule has 2 rings (SSSR count). The predicted octanol–water partition coefficient (Wildman–Crippen LogP) is 3.34. The number of rotatable bonds is 5. The van der Waals surface area contributed by atoms with Gasteiger partial charge in [0.15, 0.2) is 34.9 Å². The molecule has 0 amide bonds. The molecule has 2 N–H and O–H groups in total. The number of aliphatic hydroxyl groups excluding tert-OH is 1. The lowest BCUT2D eigenvalue weighted by Gasteiger charge is -2.17. The van der Waals surface area contributed by atoms with Crippen LogP contribution in [0.3, 0.4) is 0 Å². The molecule has 0 saturated carbocycles. The van der Waals surface area contributed by atoms with Crippen LogP contribution in [0.25, 0.3) is 0 Å². The predicted molar refractivity (Wildman–Crippen MR) is 69.3 cm³/mol. The lowest BCUT2D eigenvalue weighted by atomic mass is 10.1. The van der Waals surface area contributed by atoms with E-state index in [1.807, 2.05) is 0 Å². The van der Waals surface area contributed by atoms with Gasteiger partial charge in [-0.3, -0.25) is 0 Å². The molecule has 2 aromatic carbocycles. The lowest BCUT2D eigenvalue weighted by molar-refractivity contribution is 0.242. The van der Waals surface area contributed by atoms with E-state index in [1.165, 1.54) is 0 Å². The Bertz CT molecular complexity index is 675. The summed E-state index contributed by atoms with van der Waals surface area (Å²) in [5.41, 5.74) is -0.0742. The summed E-state index contributed by atoms with van der Waals surface area (Å²) in [6, 6.07) is 1.85. The van der Waals surface area contributed by atoms with Crippen LogP contribution in [0, 0.1) is 34.9 Å². The molecule has 0 aliphatic heterocycles. The first-order chi connectivity index (χ1) is 10.8. The normalized spacial score (nSPS) is 12.5. The topological polar surface area (TPSA) is 32.3 Å². The Hall–Kier alpha value is -2.06. The van der Waals surface area contributed by atoms with Crippen LogP contribution in [-0.4, -0.2) is 11.7 Å². The smallest absolute Gasteiger partial charge is 0.194 e. The van der Waals surface area contributed by atoms with Crippen molar-refractivity contribution in [2.75, 3.05) is 6.61 Å². The molecule has 8 heteroatoms. The first kappa shape index (κ1) is 17.3. The summed E-state index contributed by atoms with van der Waals surface area (Å²) < 4.78 is 78.3. The largest absolute Gasteiger partial charge is 0.394 e. The number of hydrogen-bond acceptors (Lipinski definition) is 2. The fourth-order valence-electron chi connectivity index (χ4n) is 2.02. The summed E-state index contributed by atoms with van der Waals surface area (Å²) in [6.07, 6.45) is 0. The first-order valence-corrected chi connectivity index (χ1v) is 6.45. The second kappa shape index (κ2) is 7.01. The van der Waals surface area contributed by atoms with Crippen molar-refractivity contribution in [3.63, 3.8) is 0 Å². The summed E-state index contributed by atoms with van der Waals surface area (Å²) in [5, 5.41) is 11.8. The summed E-state index contributed by atoms with van der Waals surface area (Å²) in [6.45, 7) is -0.837. The average Bonchev–Trinajstić information content (AvgIpc) is 2.50. The molecule has 0 spiro atoms. The molecule has 0 fully saturated rings. The molecule has 0 radical (unpaired) electrons. The van der Waals surface area contributed by atoms with Crippen LogP contribution in [-0.2, 0) is 6.54 Å². The molecule has 124 valence electrons. The number of benzene rings is 2. The summed E-state index contributed by atoms with van der Waals surface area (Å²) in [5.74, 6) is -8.90. The monoisotopic (exact) mass is 335 g/mol. The quantitative estimate of drug-likeness (QED) is 0.649. The van der Waals surface area contributed by atoms with Gasteiger partial charge in [-0.05, 0) is 35.4 Å². The maximum absolute atomic E-state index is 13.2. The van der Waals surface area contributed by atoms with Crippen LogP contribution >= 0.6 is 0 Å². The minimum atomic E-state index is -1.65. The molecule has 2 nitrogen and oxygen atoms in total. The van der Waals surface area contributed by atoms with Gasteiger partial charge in [0.1, 0.15) is 0 Å². The van der Waals surface area contributed by atoms with E-state index in [1.54, 1.807) is 0 Å². The van der Waals surface area contributed by atoms with E-state index in [9.17, 15) is 31.4 Å². The highest BCUT2D eigenvalue weighted by Crippen LogP contribution is 2.20. The van der Waals surface area contributed by atoms with Gasteiger partial charge in [0.2, 0.25) is 0 Å². The van der Waals surface area contributed by atoms with Crippen LogP contribution in [0.15, 0.2) is 24.3 Å². The third-order valence-corrected chi connectivity index (χ3v) is 3.19. The molecule has 1 unspecified atom stereocenters. The fraction of sp³-hybridized carbons (Fsp3) is 0.200. The Morgan fingerprint density at radius 1 is 0.783 bits per heavy atom. The zero-order valence-corrected chi connectivity index (χ0v) is 11.5. The maximum Gasteiger partial charge on any atom is 0.194 e. The van der Waals surface area contributed by atoms with E-state index in [4.69, 9.17) is 0 Å². The maximum atomic E-state index is 13.2. The average molecular weight is 335 g/mol. The number of nitrogens with one attached hydrogen (secondary N) is 1. The van der Waals surface area contributed by atoms with Crippen molar-refractivity contribution in [2.45, 2.75) is 12.6 Å². The van der Waals surface area contributed by atoms with Crippen molar-refractivity contribution >= 4 is 0 Å². The van der Waals surface area contributed by atoms with Gasteiger partial charge >= 0.3 is 0 Å². The second-order valence-electron chi connectivity index (χ2n) is 4.79. The summed E-state index contributed by atoms with van der Waals surface area (Å²) in [7, 11) is 0. The van der Waals surface area contributed by atoms with Crippen LogP contribution in [0.5, 0.6) is 0 Å². The molecular formula is C15H11F6NO. The molecule has 0 saturated heterocycles. The fourth-order valence-corrected chi connectivity index (χ4v) is 2.02. The van der Waals surface area contributed by atoms with E-state index >= 15 is 0 Å². The van der Waals surface area contributed by atoms with E-state index in [0.29, 0.717) is 12.1 Å². The van der Waals surface area contributed by atoms with E-state index < -0.39 is 47.6 Å². The number of halogens is 6. The highest BCUT2D eigenvalue weighted by Gasteiger charge is 2.17. The van der Waals surface area contributed by atoms with Crippen LogP contribution in [0.4, 0.5) is 26.3 Å². The Balaban J connectivity index is 2.17. The van der Waals surface area contributed by atoms with Crippen molar-refractivity contribution in [1.82, 2.24) is 5.32 Å². The van der Waals surface area contributed by atoms with Crippen molar-refractivity contribution in [3.05, 3.63) is 70.3 Å². The lowest BCUT2D eigenvalue weighted by Crippen LogP contribution is -2.24. The standard InChI is InChI=1S/C15H11F6NO/c16-9-1-7(2-10(17)14(9)20)5-22-13(6-23)8-3-11(18)15(21)12(19)4-8/h1-4,13,22-23H,5-6H2. The molecule has 0 bridgehead atoms. The van der Waals surface area contributed by atoms with E-state index in [0.717, 1.165) is 12.1 Å². The molecule has 0 heterocycles. The summed E-state index contributed by atoms with van der Waals surface area (Å²) in [4.78, 5) is 0. The Morgan fingerprint density at radius 3 is 1.65 bits per heavy atom. The highest BCUT2D eigenvalue weighted by molar-refractivity contribution is 5.24. The molecular weight excluding hydrogens is 324 g/mol. The SMILES string of the molecule is OCC(NCc1cc(F)c(F)c(F)c1)c1cc(F)c(F)c(F)c1. The zero-order chi connectivity index (χ0) is 17.1. The van der Waals surface area contributed by atoms with Crippen LogP contribution < -0.4 is 5.32 Å². The first-order valence-electron chi connectivity index (χ1n) is 6.45. The second-order valence-corrected chi connectivity index (χ2v) is 4.79. The van der Waals surface area contributed by atoms with Gasteiger partial charge in [0, 0.05) is 6.54 Å². The van der Waals surface area contributed by atoms with Gasteiger partial charge in [-0.15, -0.1) is 0 Å². The van der Waals surface area contributed by atoms with Crippen molar-refractivity contribution in [2.24, 2.45) is 0 Å². The Labute approximate surface area is 127 Å². The molecule has 0 aliphatic carbocycles. The summed E-state index contributed by atoms with van der Waals surface area (Å²) >= 11 is 0. The van der Waals surface area contributed by atoms with Gasteiger partial charge in [-0.2, -0.15) is 0 Å². The number of aliphatic hydroxyl groups is 1. The third kappa shape index (κ3) is 3.83. The minimum Gasteiger partial charge on any atom is -0.394 e. The minimum absolute atomic E-state index is 0.0166.